The number of methoxy groups -OCH3 is 1. The number of aromatic nitrogens is 4. The molecule has 0 aliphatic carbocycles. The molecule has 0 atom stereocenters. The minimum absolute atomic E-state index is 0.184. The van der Waals surface area contributed by atoms with E-state index >= 15 is 0 Å². The van der Waals surface area contributed by atoms with Crippen molar-refractivity contribution in [1.29, 1.82) is 0 Å². The molecule has 0 aliphatic rings. The lowest BCUT2D eigenvalue weighted by atomic mass is 10.2. The molecule has 1 N–H and O–H groups in total. The van der Waals surface area contributed by atoms with Crippen LogP contribution < -0.4 is 5.32 Å². The smallest absolute Gasteiger partial charge is 0.236 e. The van der Waals surface area contributed by atoms with Gasteiger partial charge in [0, 0.05) is 24.6 Å². The number of hydrogen-bond donors (Lipinski definition) is 1. The topological polar surface area (TPSA) is 81.9 Å². The van der Waals surface area contributed by atoms with Crippen LogP contribution in [0.1, 0.15) is 0 Å². The van der Waals surface area contributed by atoms with Crippen LogP contribution in [0.4, 0.5) is 9.52 Å². The Morgan fingerprint density at radius 3 is 2.96 bits per heavy atom. The summed E-state index contributed by atoms with van der Waals surface area (Å²) in [6.45, 7) is 1.17. The number of carbonyl (C=O) groups excluding carboxylic acids is 1. The van der Waals surface area contributed by atoms with E-state index in [0.29, 0.717) is 29.1 Å². The Bertz CT molecular complexity index is 866. The molecule has 1 aromatic carbocycles. The molecule has 0 bridgehead atoms. The number of carbonyl (C=O) groups is 1. The summed E-state index contributed by atoms with van der Waals surface area (Å²) in [6.07, 6.45) is 1.61. The summed E-state index contributed by atoms with van der Waals surface area (Å²) >= 11 is 2.61. The third kappa shape index (κ3) is 4.87. The van der Waals surface area contributed by atoms with Crippen molar-refractivity contribution >= 4 is 34.1 Å². The molecule has 3 aromatic rings. The molecule has 1 amide bonds. The molecule has 2 aromatic heterocycles. The number of ether oxygens (including phenoxy) is 1. The standard InChI is InChI=1S/C16H16FN5O2S2/c1-24-7-6-22-10-18-21-16(22)26-9-14(23)20-15-19-13(8-25-15)11-2-4-12(17)5-3-11/h2-5,8,10H,6-7,9H2,1H3,(H,19,20,23). The summed E-state index contributed by atoms with van der Waals surface area (Å²) in [7, 11) is 1.62. The highest BCUT2D eigenvalue weighted by molar-refractivity contribution is 7.99. The van der Waals surface area contributed by atoms with Crippen LogP contribution in [-0.4, -0.2) is 45.1 Å². The van der Waals surface area contributed by atoms with Crippen molar-refractivity contribution in [2.75, 3.05) is 24.8 Å². The van der Waals surface area contributed by atoms with Crippen LogP contribution in [0.15, 0.2) is 41.1 Å². The van der Waals surface area contributed by atoms with Gasteiger partial charge in [0.2, 0.25) is 5.91 Å². The van der Waals surface area contributed by atoms with E-state index in [-0.39, 0.29) is 17.5 Å². The summed E-state index contributed by atoms with van der Waals surface area (Å²) < 4.78 is 19.8. The van der Waals surface area contributed by atoms with Gasteiger partial charge in [-0.05, 0) is 24.3 Å². The van der Waals surface area contributed by atoms with E-state index in [4.69, 9.17) is 4.74 Å². The van der Waals surface area contributed by atoms with Crippen molar-refractivity contribution in [3.63, 3.8) is 0 Å². The molecule has 26 heavy (non-hydrogen) atoms. The number of hydrogen-bond acceptors (Lipinski definition) is 7. The van der Waals surface area contributed by atoms with Gasteiger partial charge in [-0.25, -0.2) is 9.37 Å². The molecule has 0 fully saturated rings. The Morgan fingerprint density at radius 2 is 2.19 bits per heavy atom. The fourth-order valence-corrected chi connectivity index (χ4v) is 3.55. The molecule has 0 saturated carbocycles. The van der Waals surface area contributed by atoms with Crippen molar-refractivity contribution in [1.82, 2.24) is 19.7 Å². The summed E-state index contributed by atoms with van der Waals surface area (Å²) in [5, 5.41) is 13.6. The van der Waals surface area contributed by atoms with E-state index in [1.807, 2.05) is 9.95 Å². The Balaban J connectivity index is 1.54. The van der Waals surface area contributed by atoms with Gasteiger partial charge in [0.25, 0.3) is 0 Å². The first kappa shape index (κ1) is 18.5. The molecule has 3 rings (SSSR count). The lowest BCUT2D eigenvalue weighted by molar-refractivity contribution is -0.113. The largest absolute Gasteiger partial charge is 0.383 e. The van der Waals surface area contributed by atoms with Crippen molar-refractivity contribution in [3.05, 3.63) is 41.8 Å². The lowest BCUT2D eigenvalue weighted by Crippen LogP contribution is -2.14. The highest BCUT2D eigenvalue weighted by Crippen LogP contribution is 2.25. The van der Waals surface area contributed by atoms with Crippen molar-refractivity contribution in [3.8, 4) is 11.3 Å². The molecule has 0 saturated heterocycles. The summed E-state index contributed by atoms with van der Waals surface area (Å²) in [6, 6.07) is 6.06. The van der Waals surface area contributed by atoms with Crippen LogP contribution in [-0.2, 0) is 16.1 Å². The second-order valence-corrected chi connectivity index (χ2v) is 6.98. The van der Waals surface area contributed by atoms with E-state index in [0.717, 1.165) is 5.56 Å². The van der Waals surface area contributed by atoms with Gasteiger partial charge in [-0.3, -0.25) is 4.79 Å². The molecule has 10 heteroatoms. The first-order valence-electron chi connectivity index (χ1n) is 7.66. The highest BCUT2D eigenvalue weighted by atomic mass is 32.2. The average Bonchev–Trinajstić information content (AvgIpc) is 3.28. The van der Waals surface area contributed by atoms with Gasteiger partial charge in [-0.15, -0.1) is 21.5 Å². The SMILES string of the molecule is COCCn1cnnc1SCC(=O)Nc1nc(-c2ccc(F)cc2)cs1. The van der Waals surface area contributed by atoms with Crippen molar-refractivity contribution < 1.29 is 13.9 Å². The second-order valence-electron chi connectivity index (χ2n) is 5.18. The Labute approximate surface area is 157 Å². The predicted molar refractivity (Wildman–Crippen MR) is 98.8 cm³/mol. The van der Waals surface area contributed by atoms with Gasteiger partial charge >= 0.3 is 0 Å². The zero-order chi connectivity index (χ0) is 18.4. The first-order chi connectivity index (χ1) is 12.7. The zero-order valence-electron chi connectivity index (χ0n) is 13.9. The molecule has 136 valence electrons. The van der Waals surface area contributed by atoms with Gasteiger partial charge in [0.15, 0.2) is 10.3 Å². The molecule has 0 radical (unpaired) electrons. The van der Waals surface area contributed by atoms with E-state index in [9.17, 15) is 9.18 Å². The Hall–Kier alpha value is -2.30. The number of halogens is 1. The summed E-state index contributed by atoms with van der Waals surface area (Å²) in [4.78, 5) is 16.5. The van der Waals surface area contributed by atoms with E-state index < -0.39 is 0 Å². The van der Waals surface area contributed by atoms with Crippen molar-refractivity contribution in [2.45, 2.75) is 11.7 Å². The normalized spacial score (nSPS) is 10.8. The number of thioether (sulfide) groups is 1. The minimum atomic E-state index is -0.298. The van der Waals surface area contributed by atoms with Gasteiger partial charge < -0.3 is 14.6 Å². The second kappa shape index (κ2) is 8.88. The highest BCUT2D eigenvalue weighted by Gasteiger charge is 2.11. The summed E-state index contributed by atoms with van der Waals surface area (Å²) in [5.74, 6) is -0.291. The third-order valence-corrected chi connectivity index (χ3v) is 5.08. The molecule has 7 nitrogen and oxygen atoms in total. The predicted octanol–water partition coefficient (Wildman–Crippen LogP) is 2.92. The van der Waals surface area contributed by atoms with Crippen LogP contribution in [0.5, 0.6) is 0 Å². The van der Waals surface area contributed by atoms with Crippen LogP contribution in [0.25, 0.3) is 11.3 Å². The van der Waals surface area contributed by atoms with Crippen LogP contribution in [0.3, 0.4) is 0 Å². The zero-order valence-corrected chi connectivity index (χ0v) is 15.5. The monoisotopic (exact) mass is 393 g/mol. The maximum atomic E-state index is 13.0. The maximum Gasteiger partial charge on any atom is 0.236 e. The molecule has 0 unspecified atom stereocenters. The number of nitrogens with one attached hydrogen (secondary N) is 1. The van der Waals surface area contributed by atoms with E-state index in [1.54, 1.807) is 25.6 Å². The maximum absolute atomic E-state index is 13.0. The number of amides is 1. The molecular weight excluding hydrogens is 377 g/mol. The van der Waals surface area contributed by atoms with Crippen LogP contribution >= 0.6 is 23.1 Å². The van der Waals surface area contributed by atoms with E-state index in [1.165, 1.54) is 35.2 Å². The summed E-state index contributed by atoms with van der Waals surface area (Å²) in [5.41, 5.74) is 1.49. The quantitative estimate of drug-likeness (QED) is 0.593. The van der Waals surface area contributed by atoms with Gasteiger partial charge in [0.05, 0.1) is 18.1 Å². The molecule has 0 aliphatic heterocycles. The van der Waals surface area contributed by atoms with Crippen molar-refractivity contribution in [2.24, 2.45) is 0 Å². The van der Waals surface area contributed by atoms with Crippen LogP contribution in [0.2, 0.25) is 0 Å². The number of thiazole rings is 1. The Kier molecular flexibility index (Phi) is 6.31. The minimum Gasteiger partial charge on any atom is -0.383 e. The fraction of sp³-hybridized carbons (Fsp3) is 0.250. The third-order valence-electron chi connectivity index (χ3n) is 3.34. The lowest BCUT2D eigenvalue weighted by Gasteiger charge is -2.05. The van der Waals surface area contributed by atoms with Gasteiger partial charge in [-0.1, -0.05) is 11.8 Å². The molecular formula is C16H16FN5O2S2. The van der Waals surface area contributed by atoms with Gasteiger partial charge in [0.1, 0.15) is 12.1 Å². The first-order valence-corrected chi connectivity index (χ1v) is 9.53. The number of benzene rings is 1. The van der Waals surface area contributed by atoms with E-state index in [2.05, 4.69) is 20.5 Å². The molecule has 0 spiro atoms. The van der Waals surface area contributed by atoms with Crippen LogP contribution in [0, 0.1) is 5.82 Å². The molecule has 2 heterocycles. The number of rotatable bonds is 8. The number of anilines is 1. The van der Waals surface area contributed by atoms with Gasteiger partial charge in [-0.2, -0.15) is 0 Å². The fourth-order valence-electron chi connectivity index (χ4n) is 2.07. The Morgan fingerprint density at radius 1 is 1.38 bits per heavy atom. The average molecular weight is 393 g/mol. The number of nitrogens with zero attached hydrogens (tertiary/aromatic N) is 4.